The zero-order valence-corrected chi connectivity index (χ0v) is 16.4. The second kappa shape index (κ2) is 10.6. The van der Waals surface area contributed by atoms with Crippen LogP contribution in [-0.2, 0) is 0 Å². The fraction of sp³-hybridized carbons (Fsp3) is 0.429. The van der Waals surface area contributed by atoms with E-state index >= 15 is 0 Å². The number of pyridine rings is 1. The van der Waals surface area contributed by atoms with Crippen molar-refractivity contribution in [3.05, 3.63) is 48.2 Å². The molecule has 150 valence electrons. The Morgan fingerprint density at radius 2 is 2.00 bits per heavy atom. The molecule has 0 spiro atoms. The maximum atomic E-state index is 12.6. The minimum Gasteiger partial charge on any atom is -0.494 e. The molecule has 0 unspecified atom stereocenters. The molecule has 1 aromatic carbocycles. The topological polar surface area (TPSA) is 78.5 Å². The number of amides is 1. The van der Waals surface area contributed by atoms with Crippen molar-refractivity contribution in [3.63, 3.8) is 0 Å². The monoisotopic (exact) mass is 383 g/mol. The lowest BCUT2D eigenvalue weighted by atomic mass is 10.2. The first-order valence-electron chi connectivity index (χ1n) is 9.92. The number of benzene rings is 1. The molecule has 28 heavy (non-hydrogen) atoms. The molecule has 0 bridgehead atoms. The second-order valence-corrected chi connectivity index (χ2v) is 6.68. The van der Waals surface area contributed by atoms with Crippen LogP contribution in [0.4, 0.5) is 11.5 Å². The normalized spacial score (nSPS) is 14.5. The van der Waals surface area contributed by atoms with Crippen LogP contribution < -0.4 is 20.7 Å². The van der Waals surface area contributed by atoms with Crippen molar-refractivity contribution in [1.29, 1.82) is 0 Å². The Labute approximate surface area is 166 Å². The smallest absolute Gasteiger partial charge is 0.255 e. The van der Waals surface area contributed by atoms with Gasteiger partial charge in [-0.25, -0.2) is 4.98 Å². The van der Waals surface area contributed by atoms with E-state index < -0.39 is 0 Å². The van der Waals surface area contributed by atoms with E-state index in [0.717, 1.165) is 50.6 Å². The molecule has 2 aromatic rings. The Morgan fingerprint density at radius 3 is 2.75 bits per heavy atom. The zero-order chi connectivity index (χ0) is 19.6. The minimum atomic E-state index is -0.109. The number of nitrogens with zero attached hydrogens (tertiary/aromatic N) is 2. The van der Waals surface area contributed by atoms with E-state index in [1.165, 1.54) is 0 Å². The summed E-state index contributed by atoms with van der Waals surface area (Å²) in [4.78, 5) is 19.4. The lowest BCUT2D eigenvalue weighted by Crippen LogP contribution is -2.44. The maximum absolute atomic E-state index is 12.6. The van der Waals surface area contributed by atoms with E-state index in [4.69, 9.17) is 4.74 Å². The molecule has 1 aromatic heterocycles. The van der Waals surface area contributed by atoms with Gasteiger partial charge in [-0.2, -0.15) is 0 Å². The van der Waals surface area contributed by atoms with Crippen molar-refractivity contribution in [2.24, 2.45) is 0 Å². The summed E-state index contributed by atoms with van der Waals surface area (Å²) in [5.74, 6) is 1.25. The van der Waals surface area contributed by atoms with Gasteiger partial charge in [-0.3, -0.25) is 4.79 Å². The van der Waals surface area contributed by atoms with E-state index in [0.29, 0.717) is 24.5 Å². The van der Waals surface area contributed by atoms with Gasteiger partial charge >= 0.3 is 0 Å². The molecule has 3 N–H and O–H groups in total. The van der Waals surface area contributed by atoms with Gasteiger partial charge < -0.3 is 25.6 Å². The largest absolute Gasteiger partial charge is 0.494 e. The van der Waals surface area contributed by atoms with Crippen molar-refractivity contribution in [2.75, 3.05) is 51.2 Å². The van der Waals surface area contributed by atoms with Crippen LogP contribution >= 0.6 is 0 Å². The predicted molar refractivity (Wildman–Crippen MR) is 111 cm³/mol. The lowest BCUT2D eigenvalue weighted by molar-refractivity contribution is 0.0952. The SMILES string of the molecule is CCOc1ccc(Nc2ncccc2C(=O)NCCCN2CCNCC2)cc1. The molecule has 2 heterocycles. The van der Waals surface area contributed by atoms with Crippen LogP contribution in [0.25, 0.3) is 0 Å². The first-order chi connectivity index (χ1) is 13.8. The van der Waals surface area contributed by atoms with E-state index in [2.05, 4.69) is 25.8 Å². The van der Waals surface area contributed by atoms with Crippen LogP contribution in [0, 0.1) is 0 Å². The summed E-state index contributed by atoms with van der Waals surface area (Å²) >= 11 is 0. The standard InChI is InChI=1S/C21H29N5O2/c1-2-28-18-8-6-17(7-9-18)25-20-19(5-3-10-23-20)21(27)24-11-4-14-26-15-12-22-13-16-26/h3,5-10,22H,2,4,11-16H2,1H3,(H,23,25)(H,24,27). The average molecular weight is 383 g/mol. The molecule has 1 aliphatic heterocycles. The quantitative estimate of drug-likeness (QED) is 0.577. The molecule has 1 amide bonds. The summed E-state index contributed by atoms with van der Waals surface area (Å²) in [5.41, 5.74) is 1.40. The number of carbonyl (C=O) groups is 1. The van der Waals surface area contributed by atoms with Crippen LogP contribution in [0.5, 0.6) is 5.75 Å². The van der Waals surface area contributed by atoms with Crippen molar-refractivity contribution >= 4 is 17.4 Å². The molecule has 1 saturated heterocycles. The number of carbonyl (C=O) groups excluding carboxylic acids is 1. The van der Waals surface area contributed by atoms with Crippen LogP contribution in [0.15, 0.2) is 42.6 Å². The Kier molecular flexibility index (Phi) is 7.63. The first kappa shape index (κ1) is 20.1. The molecule has 0 aliphatic carbocycles. The van der Waals surface area contributed by atoms with Gasteiger partial charge in [0.05, 0.1) is 12.2 Å². The van der Waals surface area contributed by atoms with Gasteiger partial charge in [-0.15, -0.1) is 0 Å². The van der Waals surface area contributed by atoms with Crippen molar-refractivity contribution in [1.82, 2.24) is 20.5 Å². The van der Waals surface area contributed by atoms with Gasteiger partial charge in [-0.05, 0) is 56.3 Å². The maximum Gasteiger partial charge on any atom is 0.255 e. The Morgan fingerprint density at radius 1 is 1.21 bits per heavy atom. The number of hydrogen-bond acceptors (Lipinski definition) is 6. The van der Waals surface area contributed by atoms with Gasteiger partial charge in [-0.1, -0.05) is 0 Å². The predicted octanol–water partition coefficient (Wildman–Crippen LogP) is 2.25. The highest BCUT2D eigenvalue weighted by molar-refractivity contribution is 5.99. The van der Waals surface area contributed by atoms with Gasteiger partial charge in [0.15, 0.2) is 0 Å². The fourth-order valence-corrected chi connectivity index (χ4v) is 3.16. The molecule has 1 aliphatic rings. The second-order valence-electron chi connectivity index (χ2n) is 6.68. The third-order valence-corrected chi connectivity index (χ3v) is 4.63. The number of piperazine rings is 1. The molecule has 0 radical (unpaired) electrons. The third kappa shape index (κ3) is 5.94. The summed E-state index contributed by atoms with van der Waals surface area (Å²) in [6.45, 7) is 8.48. The van der Waals surface area contributed by atoms with E-state index in [1.54, 1.807) is 18.3 Å². The zero-order valence-electron chi connectivity index (χ0n) is 16.4. The van der Waals surface area contributed by atoms with E-state index in [9.17, 15) is 4.79 Å². The molecule has 0 saturated carbocycles. The molecule has 7 heteroatoms. The third-order valence-electron chi connectivity index (χ3n) is 4.63. The Balaban J connectivity index is 1.52. The molecule has 3 rings (SSSR count). The fourth-order valence-electron chi connectivity index (χ4n) is 3.16. The van der Waals surface area contributed by atoms with Gasteiger partial charge in [0, 0.05) is 44.6 Å². The van der Waals surface area contributed by atoms with Crippen LogP contribution in [0.2, 0.25) is 0 Å². The Bertz CT molecular complexity index is 745. The number of rotatable bonds is 9. The molecule has 1 fully saturated rings. The van der Waals surface area contributed by atoms with Crippen molar-refractivity contribution in [3.8, 4) is 5.75 Å². The lowest BCUT2D eigenvalue weighted by Gasteiger charge is -2.27. The van der Waals surface area contributed by atoms with Gasteiger partial charge in [0.2, 0.25) is 0 Å². The summed E-state index contributed by atoms with van der Waals surface area (Å²) < 4.78 is 5.46. The highest BCUT2D eigenvalue weighted by Crippen LogP contribution is 2.21. The van der Waals surface area contributed by atoms with Crippen LogP contribution in [-0.4, -0.2) is 61.7 Å². The van der Waals surface area contributed by atoms with E-state index in [1.807, 2.05) is 31.2 Å². The first-order valence-corrected chi connectivity index (χ1v) is 9.92. The molecular formula is C21H29N5O2. The number of nitrogens with one attached hydrogen (secondary N) is 3. The molecule has 0 atom stereocenters. The summed E-state index contributed by atoms with van der Waals surface area (Å²) in [6, 6.07) is 11.2. The number of anilines is 2. The van der Waals surface area contributed by atoms with Crippen molar-refractivity contribution < 1.29 is 9.53 Å². The van der Waals surface area contributed by atoms with Crippen molar-refractivity contribution in [2.45, 2.75) is 13.3 Å². The van der Waals surface area contributed by atoms with Gasteiger partial charge in [0.1, 0.15) is 11.6 Å². The Hall–Kier alpha value is -2.64. The van der Waals surface area contributed by atoms with Gasteiger partial charge in [0.25, 0.3) is 5.91 Å². The van der Waals surface area contributed by atoms with E-state index in [-0.39, 0.29) is 5.91 Å². The molecule has 7 nitrogen and oxygen atoms in total. The molecular weight excluding hydrogens is 354 g/mol. The summed E-state index contributed by atoms with van der Waals surface area (Å²) in [6.07, 6.45) is 2.62. The number of ether oxygens (including phenoxy) is 1. The average Bonchev–Trinajstić information content (AvgIpc) is 2.74. The summed E-state index contributed by atoms with van der Waals surface area (Å²) in [5, 5.41) is 9.58. The highest BCUT2D eigenvalue weighted by Gasteiger charge is 2.13. The summed E-state index contributed by atoms with van der Waals surface area (Å²) in [7, 11) is 0. The number of hydrogen-bond donors (Lipinski definition) is 3. The number of aromatic nitrogens is 1. The van der Waals surface area contributed by atoms with Crippen LogP contribution in [0.1, 0.15) is 23.7 Å². The minimum absolute atomic E-state index is 0.109. The highest BCUT2D eigenvalue weighted by atomic mass is 16.5. The van der Waals surface area contributed by atoms with Crippen LogP contribution in [0.3, 0.4) is 0 Å².